The van der Waals surface area contributed by atoms with E-state index in [0.29, 0.717) is 17.4 Å². The maximum atomic E-state index is 11.2. The molecular formula is C14H16N2O4. The normalized spacial score (nSPS) is 17.9. The number of imidazole rings is 1. The van der Waals surface area contributed by atoms with Gasteiger partial charge in [-0.25, -0.2) is 9.78 Å². The first-order valence-corrected chi connectivity index (χ1v) is 6.57. The summed E-state index contributed by atoms with van der Waals surface area (Å²) in [6.45, 7) is 1.60. The first-order chi connectivity index (χ1) is 9.69. The lowest BCUT2D eigenvalue weighted by Gasteiger charge is -2.26. The molecule has 1 aliphatic rings. The first-order valence-electron chi connectivity index (χ1n) is 6.57. The van der Waals surface area contributed by atoms with Crippen molar-refractivity contribution >= 4 is 17.0 Å². The minimum absolute atomic E-state index is 0.205. The Morgan fingerprint density at radius 2 is 2.40 bits per heavy atom. The summed E-state index contributed by atoms with van der Waals surface area (Å²) in [5.74, 6) is -0.487. The highest BCUT2D eigenvalue weighted by molar-refractivity contribution is 5.95. The van der Waals surface area contributed by atoms with Crippen molar-refractivity contribution in [3.05, 3.63) is 24.0 Å². The number of methoxy groups -OCH3 is 1. The number of hydrogen-bond acceptors (Lipinski definition) is 4. The Balaban J connectivity index is 1.95. The minimum Gasteiger partial charge on any atom is -0.494 e. The van der Waals surface area contributed by atoms with E-state index in [1.807, 2.05) is 4.57 Å². The Bertz CT molecular complexity index is 646. The molecule has 2 heterocycles. The number of carbonyl (C=O) groups is 1. The van der Waals surface area contributed by atoms with Gasteiger partial charge in [-0.15, -0.1) is 0 Å². The number of benzene rings is 1. The highest BCUT2D eigenvalue weighted by Gasteiger charge is 2.19. The number of aryl methyl sites for hydroxylation is 1. The van der Waals surface area contributed by atoms with Crippen LogP contribution in [0.4, 0.5) is 0 Å². The fourth-order valence-corrected chi connectivity index (χ4v) is 2.38. The Labute approximate surface area is 115 Å². The van der Waals surface area contributed by atoms with Crippen molar-refractivity contribution in [2.45, 2.75) is 25.5 Å². The lowest BCUT2D eigenvalue weighted by atomic mass is 10.1. The second-order valence-electron chi connectivity index (χ2n) is 4.86. The van der Waals surface area contributed by atoms with Gasteiger partial charge in [0.1, 0.15) is 11.3 Å². The van der Waals surface area contributed by atoms with Crippen molar-refractivity contribution in [1.29, 1.82) is 0 Å². The lowest BCUT2D eigenvalue weighted by Crippen LogP contribution is -2.27. The molecule has 1 N–H and O–H groups in total. The molecule has 1 aliphatic heterocycles. The number of aromatic nitrogens is 2. The summed E-state index contributed by atoms with van der Waals surface area (Å²) >= 11 is 0. The molecule has 6 heteroatoms. The maximum absolute atomic E-state index is 11.2. The second-order valence-corrected chi connectivity index (χ2v) is 4.86. The zero-order valence-corrected chi connectivity index (χ0v) is 11.2. The Kier molecular flexibility index (Phi) is 3.31. The van der Waals surface area contributed by atoms with E-state index in [1.165, 1.54) is 13.2 Å². The monoisotopic (exact) mass is 276 g/mol. The van der Waals surface area contributed by atoms with E-state index >= 15 is 0 Å². The summed E-state index contributed by atoms with van der Waals surface area (Å²) in [6.07, 6.45) is 4.04. The standard InChI is InChI=1S/C14H16N2O4/c1-19-12-7-9(14(17)18)6-11-13(12)15-8-16(11)4-2-10-3-5-20-10/h6-8,10H,2-5H2,1H3,(H,17,18)/t10-/m0/s1. The quantitative estimate of drug-likeness (QED) is 0.903. The smallest absolute Gasteiger partial charge is 0.335 e. The summed E-state index contributed by atoms with van der Waals surface area (Å²) < 4.78 is 12.6. The largest absolute Gasteiger partial charge is 0.494 e. The summed E-state index contributed by atoms with van der Waals surface area (Å²) in [7, 11) is 1.52. The highest BCUT2D eigenvalue weighted by Crippen LogP contribution is 2.27. The summed E-state index contributed by atoms with van der Waals surface area (Å²) in [5.41, 5.74) is 1.67. The van der Waals surface area contributed by atoms with E-state index in [2.05, 4.69) is 4.98 Å². The van der Waals surface area contributed by atoms with Crippen LogP contribution in [0.2, 0.25) is 0 Å². The van der Waals surface area contributed by atoms with Crippen molar-refractivity contribution < 1.29 is 19.4 Å². The molecule has 0 saturated carbocycles. The van der Waals surface area contributed by atoms with Crippen LogP contribution in [0, 0.1) is 0 Å². The minimum atomic E-state index is -0.972. The number of rotatable bonds is 5. The number of fused-ring (bicyclic) bond motifs is 1. The molecule has 20 heavy (non-hydrogen) atoms. The molecule has 1 aromatic carbocycles. The topological polar surface area (TPSA) is 73.6 Å². The number of nitrogens with zero attached hydrogens (tertiary/aromatic N) is 2. The van der Waals surface area contributed by atoms with Crippen molar-refractivity contribution in [3.8, 4) is 5.75 Å². The van der Waals surface area contributed by atoms with Crippen molar-refractivity contribution in [2.75, 3.05) is 13.7 Å². The van der Waals surface area contributed by atoms with E-state index in [1.54, 1.807) is 12.4 Å². The molecular weight excluding hydrogens is 260 g/mol. The van der Waals surface area contributed by atoms with Crippen LogP contribution in [0.3, 0.4) is 0 Å². The third-order valence-electron chi connectivity index (χ3n) is 3.64. The van der Waals surface area contributed by atoms with E-state index in [9.17, 15) is 4.79 Å². The van der Waals surface area contributed by atoms with Crippen LogP contribution >= 0.6 is 0 Å². The molecule has 0 amide bonds. The fraction of sp³-hybridized carbons (Fsp3) is 0.429. The molecule has 0 unspecified atom stereocenters. The summed E-state index contributed by atoms with van der Waals surface area (Å²) in [4.78, 5) is 15.5. The molecule has 1 fully saturated rings. The average molecular weight is 276 g/mol. The zero-order chi connectivity index (χ0) is 14.1. The van der Waals surface area contributed by atoms with Gasteiger partial charge >= 0.3 is 5.97 Å². The first kappa shape index (κ1) is 12.9. The van der Waals surface area contributed by atoms with Gasteiger partial charge in [0.15, 0.2) is 0 Å². The van der Waals surface area contributed by atoms with E-state index in [4.69, 9.17) is 14.6 Å². The molecule has 2 aromatic rings. The molecule has 3 rings (SSSR count). The lowest BCUT2D eigenvalue weighted by molar-refractivity contribution is -0.0563. The van der Waals surface area contributed by atoms with Gasteiger partial charge in [0.05, 0.1) is 30.6 Å². The van der Waals surface area contributed by atoms with Gasteiger partial charge < -0.3 is 19.1 Å². The summed E-state index contributed by atoms with van der Waals surface area (Å²) in [5, 5.41) is 9.15. The molecule has 1 saturated heterocycles. The van der Waals surface area contributed by atoms with Crippen LogP contribution in [0.5, 0.6) is 5.75 Å². The molecule has 0 spiro atoms. The van der Waals surface area contributed by atoms with Gasteiger partial charge in [-0.05, 0) is 25.0 Å². The van der Waals surface area contributed by atoms with Gasteiger partial charge in [0.25, 0.3) is 0 Å². The third kappa shape index (κ3) is 2.22. The number of ether oxygens (including phenoxy) is 2. The highest BCUT2D eigenvalue weighted by atomic mass is 16.5. The van der Waals surface area contributed by atoms with Crippen molar-refractivity contribution in [1.82, 2.24) is 9.55 Å². The predicted octanol–water partition coefficient (Wildman–Crippen LogP) is 1.92. The SMILES string of the molecule is COc1cc(C(=O)O)cc2c1ncn2CC[C@H]1CCO1. The predicted molar refractivity (Wildman–Crippen MR) is 72.2 cm³/mol. The maximum Gasteiger partial charge on any atom is 0.335 e. The van der Waals surface area contributed by atoms with Crippen molar-refractivity contribution in [3.63, 3.8) is 0 Å². The van der Waals surface area contributed by atoms with Crippen LogP contribution in [0.15, 0.2) is 18.5 Å². The fourth-order valence-electron chi connectivity index (χ4n) is 2.38. The van der Waals surface area contributed by atoms with E-state index in [-0.39, 0.29) is 5.56 Å². The molecule has 6 nitrogen and oxygen atoms in total. The third-order valence-corrected chi connectivity index (χ3v) is 3.64. The molecule has 106 valence electrons. The second kappa shape index (κ2) is 5.13. The van der Waals surface area contributed by atoms with Crippen LogP contribution < -0.4 is 4.74 Å². The van der Waals surface area contributed by atoms with E-state index in [0.717, 1.165) is 31.5 Å². The summed E-state index contributed by atoms with van der Waals surface area (Å²) in [6, 6.07) is 3.13. The number of hydrogen-bond donors (Lipinski definition) is 1. The number of aromatic carboxylic acids is 1. The van der Waals surface area contributed by atoms with Crippen molar-refractivity contribution in [2.24, 2.45) is 0 Å². The molecule has 0 radical (unpaired) electrons. The molecule has 1 aromatic heterocycles. The molecule has 1 atom stereocenters. The Morgan fingerprint density at radius 3 is 3.00 bits per heavy atom. The van der Waals surface area contributed by atoms with Gasteiger partial charge in [0.2, 0.25) is 0 Å². The Hall–Kier alpha value is -2.08. The number of carboxylic acid groups (broad SMARTS) is 1. The average Bonchev–Trinajstić information content (AvgIpc) is 2.79. The molecule has 0 aliphatic carbocycles. The molecule has 0 bridgehead atoms. The van der Waals surface area contributed by atoms with Gasteiger partial charge in [-0.2, -0.15) is 0 Å². The Morgan fingerprint density at radius 1 is 1.60 bits per heavy atom. The van der Waals surface area contributed by atoms with Crippen LogP contribution in [-0.4, -0.2) is 40.4 Å². The zero-order valence-electron chi connectivity index (χ0n) is 11.2. The van der Waals surface area contributed by atoms with Gasteiger partial charge in [0, 0.05) is 13.2 Å². The van der Waals surface area contributed by atoms with Crippen LogP contribution in [0.25, 0.3) is 11.0 Å². The van der Waals surface area contributed by atoms with Crippen LogP contribution in [-0.2, 0) is 11.3 Å². The van der Waals surface area contributed by atoms with Gasteiger partial charge in [-0.3, -0.25) is 0 Å². The van der Waals surface area contributed by atoms with E-state index < -0.39 is 5.97 Å². The van der Waals surface area contributed by atoms with Crippen LogP contribution in [0.1, 0.15) is 23.2 Å². The number of carboxylic acids is 1. The van der Waals surface area contributed by atoms with Gasteiger partial charge in [-0.1, -0.05) is 0 Å².